The third-order valence-corrected chi connectivity index (χ3v) is 7.57. The highest BCUT2D eigenvalue weighted by molar-refractivity contribution is 6.05. The maximum atomic E-state index is 13.4. The van der Waals surface area contributed by atoms with E-state index in [9.17, 15) is 26.7 Å². The number of nitrogens with zero attached hydrogens (tertiary/aromatic N) is 4. The molecule has 3 heterocycles. The van der Waals surface area contributed by atoms with E-state index in [1.54, 1.807) is 35.6 Å². The fourth-order valence-corrected chi connectivity index (χ4v) is 5.27. The molecular formula is C27H31F5N8O. The van der Waals surface area contributed by atoms with Crippen molar-refractivity contribution in [3.8, 4) is 0 Å². The molecule has 0 spiro atoms. The van der Waals surface area contributed by atoms with E-state index in [0.717, 1.165) is 0 Å². The lowest BCUT2D eigenvalue weighted by Gasteiger charge is -2.28. The van der Waals surface area contributed by atoms with Crippen LogP contribution in [0.4, 0.5) is 44.1 Å². The van der Waals surface area contributed by atoms with Crippen molar-refractivity contribution in [2.24, 2.45) is 0 Å². The molecule has 3 aromatic heterocycles. The van der Waals surface area contributed by atoms with Crippen LogP contribution in [0, 0.1) is 5.82 Å². The van der Waals surface area contributed by atoms with Gasteiger partial charge in [0.05, 0.1) is 18.3 Å². The number of carbonyl (C=O) groups is 1. The Morgan fingerprint density at radius 1 is 0.902 bits per heavy atom. The second-order valence-electron chi connectivity index (χ2n) is 10.6. The number of aromatic nitrogens is 5. The van der Waals surface area contributed by atoms with Gasteiger partial charge in [0.2, 0.25) is 11.8 Å². The lowest BCUT2D eigenvalue weighted by molar-refractivity contribution is -0.0444. The van der Waals surface area contributed by atoms with Crippen LogP contribution in [0.2, 0.25) is 0 Å². The number of hydrogen-bond acceptors (Lipinski definition) is 4. The first-order valence-electron chi connectivity index (χ1n) is 13.4. The largest absolute Gasteiger partial charge is 0.382 e. The average molecular weight is 579 g/mol. The Balaban J connectivity index is 0.000000202. The number of fused-ring (bicyclic) bond motifs is 1. The summed E-state index contributed by atoms with van der Waals surface area (Å²) in [6.07, 6.45) is 9.45. The Labute approximate surface area is 232 Å². The molecule has 6 rings (SSSR count). The number of halogens is 5. The molecule has 2 aliphatic rings. The molecule has 2 amide bonds. The number of hydrogen-bond donors (Lipinski definition) is 4. The van der Waals surface area contributed by atoms with Crippen LogP contribution in [0.3, 0.4) is 0 Å². The van der Waals surface area contributed by atoms with Crippen molar-refractivity contribution in [2.45, 2.75) is 75.3 Å². The van der Waals surface area contributed by atoms with Crippen LogP contribution >= 0.6 is 0 Å². The first kappa shape index (κ1) is 28.4. The summed E-state index contributed by atoms with van der Waals surface area (Å²) in [6.45, 7) is 0. The fraction of sp³-hybridized carbons (Fsp3) is 0.444. The fourth-order valence-electron chi connectivity index (χ4n) is 5.27. The Morgan fingerprint density at radius 3 is 2.07 bits per heavy atom. The monoisotopic (exact) mass is 578 g/mol. The van der Waals surface area contributed by atoms with E-state index < -0.39 is 23.7 Å². The number of amides is 2. The van der Waals surface area contributed by atoms with Crippen LogP contribution in [-0.2, 0) is 0 Å². The quantitative estimate of drug-likeness (QED) is 0.193. The molecule has 9 nitrogen and oxygen atoms in total. The van der Waals surface area contributed by atoms with Crippen LogP contribution in [-0.4, -0.2) is 42.0 Å². The number of anilines is 3. The van der Waals surface area contributed by atoms with Gasteiger partial charge in [-0.05, 0) is 43.9 Å². The molecule has 0 saturated heterocycles. The number of carbonyl (C=O) groups excluding carboxylic acids is 1. The van der Waals surface area contributed by atoms with Gasteiger partial charge in [-0.15, -0.1) is 0 Å². The standard InChI is InChI=1S/C18H18F3N5O.C9H13F2N3/c19-11-1-2-14-13(7-11)15(8-22-14)24-17(27)25-16-9-26(10-23-16)12-3-5-18(20,21)6-4-12;10-9(11)3-1-7(2-4-9)14-5-8(12)13-6-14/h1-2,7-10,12,22H,3-6H2,(H2,24,25,27);5-7H,1-4,12H2. The summed E-state index contributed by atoms with van der Waals surface area (Å²) in [5.74, 6) is -4.69. The summed E-state index contributed by atoms with van der Waals surface area (Å²) < 4.78 is 69.2. The van der Waals surface area contributed by atoms with E-state index in [0.29, 0.717) is 53.9 Å². The highest BCUT2D eigenvalue weighted by Gasteiger charge is 2.36. The third-order valence-electron chi connectivity index (χ3n) is 7.57. The van der Waals surface area contributed by atoms with Gasteiger partial charge in [0, 0.05) is 67.3 Å². The molecule has 2 aliphatic carbocycles. The zero-order valence-electron chi connectivity index (χ0n) is 22.1. The number of nitrogens with one attached hydrogen (secondary N) is 3. The number of rotatable bonds is 4. The molecule has 220 valence electrons. The van der Waals surface area contributed by atoms with Crippen molar-refractivity contribution in [3.05, 3.63) is 55.3 Å². The Kier molecular flexibility index (Phi) is 7.91. The van der Waals surface area contributed by atoms with Gasteiger partial charge in [0.1, 0.15) is 11.6 Å². The lowest BCUT2D eigenvalue weighted by Crippen LogP contribution is -2.25. The highest BCUT2D eigenvalue weighted by atomic mass is 19.3. The summed E-state index contributed by atoms with van der Waals surface area (Å²) in [5.41, 5.74) is 6.60. The summed E-state index contributed by atoms with van der Waals surface area (Å²) in [6, 6.07) is 3.81. The van der Waals surface area contributed by atoms with Gasteiger partial charge in [0.25, 0.3) is 0 Å². The normalized spacial score (nSPS) is 19.0. The Morgan fingerprint density at radius 2 is 1.49 bits per heavy atom. The van der Waals surface area contributed by atoms with Crippen LogP contribution < -0.4 is 16.4 Å². The van der Waals surface area contributed by atoms with Gasteiger partial charge in [-0.25, -0.2) is 36.7 Å². The molecule has 2 saturated carbocycles. The number of aromatic amines is 1. The smallest absolute Gasteiger partial charge is 0.324 e. The Hall–Kier alpha value is -4.10. The minimum absolute atomic E-state index is 0.0320. The number of benzene rings is 1. The van der Waals surface area contributed by atoms with Crippen molar-refractivity contribution in [2.75, 3.05) is 16.4 Å². The molecular weight excluding hydrogens is 547 g/mol. The van der Waals surface area contributed by atoms with Crippen LogP contribution in [0.5, 0.6) is 0 Å². The number of nitrogen functional groups attached to an aromatic ring is 1. The lowest BCUT2D eigenvalue weighted by atomic mass is 9.92. The SMILES string of the molecule is Nc1cn(C2CCC(F)(F)CC2)cn1.O=C(Nc1cn(C2CCC(F)(F)CC2)cn1)Nc1c[nH]c2ccc(F)cc12. The molecule has 0 radical (unpaired) electrons. The summed E-state index contributed by atoms with van der Waals surface area (Å²) in [5, 5.41) is 5.80. The molecule has 0 unspecified atom stereocenters. The van der Waals surface area contributed by atoms with Crippen molar-refractivity contribution < 1.29 is 26.7 Å². The van der Waals surface area contributed by atoms with E-state index in [-0.39, 0.29) is 37.8 Å². The third kappa shape index (κ3) is 7.16. The van der Waals surface area contributed by atoms with Crippen LogP contribution in [0.25, 0.3) is 10.9 Å². The first-order chi connectivity index (χ1) is 19.5. The summed E-state index contributed by atoms with van der Waals surface area (Å²) in [4.78, 5) is 23.1. The van der Waals surface area contributed by atoms with E-state index in [4.69, 9.17) is 5.73 Å². The van der Waals surface area contributed by atoms with E-state index in [1.807, 2.05) is 4.57 Å². The predicted octanol–water partition coefficient (Wildman–Crippen LogP) is 7.11. The molecule has 14 heteroatoms. The molecule has 4 aromatic rings. The van der Waals surface area contributed by atoms with Crippen molar-refractivity contribution >= 4 is 34.3 Å². The number of H-pyrrole nitrogens is 1. The minimum Gasteiger partial charge on any atom is -0.382 e. The van der Waals surface area contributed by atoms with Gasteiger partial charge in [-0.1, -0.05) is 0 Å². The van der Waals surface area contributed by atoms with Crippen LogP contribution in [0.1, 0.15) is 63.5 Å². The van der Waals surface area contributed by atoms with Crippen molar-refractivity contribution in [1.82, 2.24) is 24.1 Å². The zero-order valence-corrected chi connectivity index (χ0v) is 22.1. The molecule has 5 N–H and O–H groups in total. The summed E-state index contributed by atoms with van der Waals surface area (Å²) in [7, 11) is 0. The predicted molar refractivity (Wildman–Crippen MR) is 145 cm³/mol. The Bertz CT molecular complexity index is 1480. The van der Waals surface area contributed by atoms with E-state index >= 15 is 0 Å². The molecule has 0 bridgehead atoms. The van der Waals surface area contributed by atoms with Gasteiger partial charge in [0.15, 0.2) is 5.82 Å². The number of imidazole rings is 2. The zero-order chi connectivity index (χ0) is 29.2. The molecule has 0 aliphatic heterocycles. The maximum Gasteiger partial charge on any atom is 0.324 e. The maximum absolute atomic E-state index is 13.4. The second-order valence-corrected chi connectivity index (χ2v) is 10.6. The average Bonchev–Trinajstić information content (AvgIpc) is 3.65. The van der Waals surface area contributed by atoms with Gasteiger partial charge < -0.3 is 25.2 Å². The topological polar surface area (TPSA) is 119 Å². The molecule has 1 aromatic carbocycles. The first-order valence-corrected chi connectivity index (χ1v) is 13.4. The number of urea groups is 1. The number of alkyl halides is 4. The van der Waals surface area contributed by atoms with Crippen molar-refractivity contribution in [3.63, 3.8) is 0 Å². The minimum atomic E-state index is -2.59. The van der Waals surface area contributed by atoms with Crippen molar-refractivity contribution in [1.29, 1.82) is 0 Å². The second kappa shape index (κ2) is 11.4. The van der Waals surface area contributed by atoms with Crippen LogP contribution in [0.15, 0.2) is 49.4 Å². The molecule has 41 heavy (non-hydrogen) atoms. The summed E-state index contributed by atoms with van der Waals surface area (Å²) >= 11 is 0. The molecule has 0 atom stereocenters. The molecule has 2 fully saturated rings. The highest BCUT2D eigenvalue weighted by Crippen LogP contribution is 2.39. The van der Waals surface area contributed by atoms with Gasteiger partial charge in [-0.2, -0.15) is 0 Å². The van der Waals surface area contributed by atoms with E-state index in [2.05, 4.69) is 25.6 Å². The van der Waals surface area contributed by atoms with Gasteiger partial charge in [-0.3, -0.25) is 5.32 Å². The number of nitrogens with two attached hydrogens (primary N) is 1. The van der Waals surface area contributed by atoms with Gasteiger partial charge >= 0.3 is 6.03 Å². The van der Waals surface area contributed by atoms with E-state index in [1.165, 1.54) is 18.5 Å².